The van der Waals surface area contributed by atoms with E-state index in [1.54, 1.807) is 0 Å². The lowest BCUT2D eigenvalue weighted by atomic mass is 11.0. The predicted octanol–water partition coefficient (Wildman–Crippen LogP) is -0.127. The average molecular weight is 190 g/mol. The summed E-state index contributed by atoms with van der Waals surface area (Å²) < 4.78 is 19.6. The second-order valence-corrected chi connectivity index (χ2v) is 2.85. The summed E-state index contributed by atoms with van der Waals surface area (Å²) in [5.41, 5.74) is 0. The highest BCUT2D eigenvalue weighted by atomic mass is 79.9. The zero-order valence-electron chi connectivity index (χ0n) is 3.92. The topological polar surface area (TPSA) is 60.2 Å². The Morgan fingerprint density at radius 2 is 1.71 bits per heavy atom. The zero-order chi connectivity index (χ0) is 5.21. The molecule has 0 unspecified atom stereocenters. The Morgan fingerprint density at radius 3 is 1.71 bits per heavy atom. The van der Waals surface area contributed by atoms with Gasteiger partial charge in [0.1, 0.15) is 0 Å². The lowest BCUT2D eigenvalue weighted by Crippen LogP contribution is -2.13. The molecule has 0 saturated carbocycles. The average Bonchev–Trinajstić information content (AvgIpc) is 1.35. The molecule has 0 aromatic rings. The third-order valence-corrected chi connectivity index (χ3v) is 1.21. The van der Waals surface area contributed by atoms with E-state index in [1.165, 1.54) is 6.92 Å². The first-order chi connectivity index (χ1) is 2.56. The highest BCUT2D eigenvalue weighted by Gasteiger charge is 1.90. The summed E-state index contributed by atoms with van der Waals surface area (Å²) in [5, 5.41) is 4.51. The van der Waals surface area contributed by atoms with Crippen molar-refractivity contribution in [1.29, 1.82) is 0 Å². The molecule has 0 spiro atoms. The van der Waals surface area contributed by atoms with Gasteiger partial charge in [0.15, 0.2) is 0 Å². The Kier molecular flexibility index (Phi) is 5.04. The fraction of sp³-hybridized carbons (Fsp3) is 1.00. The van der Waals surface area contributed by atoms with Gasteiger partial charge in [0.05, 0.1) is 5.75 Å². The van der Waals surface area contributed by atoms with E-state index in [0.717, 1.165) is 0 Å². The fourth-order valence-electron chi connectivity index (χ4n) is 0. The first-order valence-electron chi connectivity index (χ1n) is 1.56. The third kappa shape index (κ3) is 10.7. The normalized spacial score (nSPS) is 10.0. The second kappa shape index (κ2) is 3.40. The van der Waals surface area contributed by atoms with Crippen LogP contribution in [-0.4, -0.2) is 14.2 Å². The Hall–Kier alpha value is 0.390. The number of hydrogen-bond acceptors (Lipinski definition) is 2. The van der Waals surface area contributed by atoms with Gasteiger partial charge in [0, 0.05) is 0 Å². The van der Waals surface area contributed by atoms with Crippen molar-refractivity contribution < 1.29 is 8.42 Å². The van der Waals surface area contributed by atoms with Gasteiger partial charge in [-0.2, -0.15) is 0 Å². The van der Waals surface area contributed by atoms with E-state index in [9.17, 15) is 8.42 Å². The highest BCUT2D eigenvalue weighted by molar-refractivity contribution is 8.93. The first-order valence-corrected chi connectivity index (χ1v) is 3.28. The molecule has 0 aromatic carbocycles. The molecule has 0 heterocycles. The number of primary sulfonamides is 1. The summed E-state index contributed by atoms with van der Waals surface area (Å²) in [7, 11) is -3.16. The van der Waals surface area contributed by atoms with Gasteiger partial charge in [-0.15, -0.1) is 17.0 Å². The third-order valence-electron chi connectivity index (χ3n) is 0.402. The van der Waals surface area contributed by atoms with Crippen LogP contribution in [0.2, 0.25) is 0 Å². The van der Waals surface area contributed by atoms with E-state index < -0.39 is 10.0 Å². The van der Waals surface area contributed by atoms with Crippen molar-refractivity contribution in [2.75, 3.05) is 5.75 Å². The largest absolute Gasteiger partial charge is 0.229 e. The molecular formula is C2H8BrNO2S. The second-order valence-electron chi connectivity index (χ2n) is 0.952. The lowest BCUT2D eigenvalue weighted by molar-refractivity contribution is 0.599. The minimum absolute atomic E-state index is 0. The molecule has 0 aliphatic rings. The van der Waals surface area contributed by atoms with Gasteiger partial charge in [-0.05, 0) is 6.92 Å². The number of sulfonamides is 1. The molecule has 0 fully saturated rings. The van der Waals surface area contributed by atoms with Crippen LogP contribution in [-0.2, 0) is 10.0 Å². The maximum Gasteiger partial charge on any atom is 0.208 e. The van der Waals surface area contributed by atoms with Gasteiger partial charge in [-0.3, -0.25) is 0 Å². The maximum absolute atomic E-state index is 9.78. The van der Waals surface area contributed by atoms with Crippen LogP contribution in [0.15, 0.2) is 0 Å². The molecule has 3 nitrogen and oxygen atoms in total. The first kappa shape index (κ1) is 10.4. The standard InChI is InChI=1S/C2H7NO2S.BrH/c1-2-6(3,4)5;/h2H2,1H3,(H2,3,4,5);1H. The predicted molar refractivity (Wildman–Crippen MR) is 34.0 cm³/mol. The van der Waals surface area contributed by atoms with Crippen LogP contribution in [0.3, 0.4) is 0 Å². The summed E-state index contributed by atoms with van der Waals surface area (Å²) in [6.45, 7) is 1.50. The lowest BCUT2D eigenvalue weighted by Gasteiger charge is -1.81. The van der Waals surface area contributed by atoms with Crippen LogP contribution in [0.4, 0.5) is 0 Å². The summed E-state index contributed by atoms with van der Waals surface area (Å²) in [4.78, 5) is 0. The Morgan fingerprint density at radius 1 is 1.57 bits per heavy atom. The molecule has 0 aliphatic heterocycles. The molecule has 46 valence electrons. The Balaban J connectivity index is 0. The van der Waals surface area contributed by atoms with Crippen LogP contribution in [0.5, 0.6) is 0 Å². The van der Waals surface area contributed by atoms with E-state index in [-0.39, 0.29) is 22.7 Å². The van der Waals surface area contributed by atoms with Crippen molar-refractivity contribution in [2.45, 2.75) is 6.92 Å². The summed E-state index contributed by atoms with van der Waals surface area (Å²) >= 11 is 0. The molecule has 0 saturated heterocycles. The summed E-state index contributed by atoms with van der Waals surface area (Å²) in [6, 6.07) is 0. The van der Waals surface area contributed by atoms with Crippen molar-refractivity contribution in [2.24, 2.45) is 5.14 Å². The maximum atomic E-state index is 9.78. The Bertz CT molecular complexity index is 118. The molecule has 0 radical (unpaired) electrons. The van der Waals surface area contributed by atoms with Gasteiger partial charge in [0.2, 0.25) is 10.0 Å². The molecule has 0 amide bonds. The van der Waals surface area contributed by atoms with Crippen LogP contribution < -0.4 is 5.14 Å². The molecule has 0 atom stereocenters. The van der Waals surface area contributed by atoms with Crippen LogP contribution in [0, 0.1) is 0 Å². The molecule has 5 heteroatoms. The molecule has 0 bridgehead atoms. The summed E-state index contributed by atoms with van der Waals surface area (Å²) in [5.74, 6) is 0.0208. The van der Waals surface area contributed by atoms with Gasteiger partial charge in [-0.1, -0.05) is 0 Å². The van der Waals surface area contributed by atoms with Crippen molar-refractivity contribution >= 4 is 27.0 Å². The number of hydrogen-bond donors (Lipinski definition) is 1. The molecule has 0 aliphatic carbocycles. The van der Waals surface area contributed by atoms with E-state index in [2.05, 4.69) is 5.14 Å². The van der Waals surface area contributed by atoms with Gasteiger partial charge < -0.3 is 0 Å². The van der Waals surface area contributed by atoms with E-state index in [1.807, 2.05) is 0 Å². The quantitative estimate of drug-likeness (QED) is 0.626. The zero-order valence-corrected chi connectivity index (χ0v) is 6.45. The Labute approximate surface area is 53.7 Å². The highest BCUT2D eigenvalue weighted by Crippen LogP contribution is 1.68. The molecule has 7 heavy (non-hydrogen) atoms. The smallest absolute Gasteiger partial charge is 0.208 e. The molecule has 0 aromatic heterocycles. The monoisotopic (exact) mass is 189 g/mol. The van der Waals surface area contributed by atoms with E-state index in [4.69, 9.17) is 0 Å². The van der Waals surface area contributed by atoms with E-state index in [0.29, 0.717) is 0 Å². The molecule has 2 N–H and O–H groups in total. The van der Waals surface area contributed by atoms with Gasteiger partial charge in [-0.25, -0.2) is 13.6 Å². The fourth-order valence-corrected chi connectivity index (χ4v) is 0. The van der Waals surface area contributed by atoms with Crippen molar-refractivity contribution in [3.05, 3.63) is 0 Å². The van der Waals surface area contributed by atoms with Crippen molar-refractivity contribution in [3.63, 3.8) is 0 Å². The SMILES string of the molecule is Br.CCS(N)(=O)=O. The minimum Gasteiger partial charge on any atom is -0.229 e. The number of rotatable bonds is 1. The van der Waals surface area contributed by atoms with Crippen molar-refractivity contribution in [1.82, 2.24) is 0 Å². The van der Waals surface area contributed by atoms with Crippen molar-refractivity contribution in [3.8, 4) is 0 Å². The van der Waals surface area contributed by atoms with Crippen LogP contribution >= 0.6 is 17.0 Å². The van der Waals surface area contributed by atoms with E-state index >= 15 is 0 Å². The number of halogens is 1. The molecular weight excluding hydrogens is 182 g/mol. The number of nitrogens with two attached hydrogens (primary N) is 1. The summed E-state index contributed by atoms with van der Waals surface area (Å²) in [6.07, 6.45) is 0. The molecule has 0 rings (SSSR count). The van der Waals surface area contributed by atoms with Gasteiger partial charge in [0.25, 0.3) is 0 Å². The van der Waals surface area contributed by atoms with Gasteiger partial charge >= 0.3 is 0 Å². The van der Waals surface area contributed by atoms with Crippen LogP contribution in [0.25, 0.3) is 0 Å². The van der Waals surface area contributed by atoms with Crippen LogP contribution in [0.1, 0.15) is 6.92 Å². The minimum atomic E-state index is -3.16.